The van der Waals surface area contributed by atoms with Crippen LogP contribution in [0.15, 0.2) is 60.8 Å². The number of hydrogen-bond acceptors (Lipinski definition) is 4. The van der Waals surface area contributed by atoms with Gasteiger partial charge in [0.15, 0.2) is 0 Å². The Morgan fingerprint density at radius 3 is 2.81 bits per heavy atom. The molecule has 0 saturated carbocycles. The maximum Gasteiger partial charge on any atom is 0.355 e. The smallest absolute Gasteiger partial charge is 0.355 e. The summed E-state index contributed by atoms with van der Waals surface area (Å²) in [6.07, 6.45) is 1.04. The van der Waals surface area contributed by atoms with Gasteiger partial charge in [0.25, 0.3) is 0 Å². The highest BCUT2D eigenvalue weighted by molar-refractivity contribution is 5.87. The fourth-order valence-electron chi connectivity index (χ4n) is 2.84. The number of halogens is 1. The predicted octanol–water partition coefficient (Wildman–Crippen LogP) is 4.12. The molecule has 0 aliphatic carbocycles. The van der Waals surface area contributed by atoms with Gasteiger partial charge in [-0.25, -0.2) is 9.18 Å². The Bertz CT molecular complexity index is 909. The average molecular weight is 353 g/mol. The minimum absolute atomic E-state index is 0.0978. The van der Waals surface area contributed by atoms with Gasteiger partial charge in [0.2, 0.25) is 6.29 Å². The number of nitrogens with one attached hydrogen (secondary N) is 1. The van der Waals surface area contributed by atoms with Crippen LogP contribution in [0.2, 0.25) is 0 Å². The van der Waals surface area contributed by atoms with Crippen LogP contribution in [0.4, 0.5) is 4.39 Å². The van der Waals surface area contributed by atoms with E-state index in [-0.39, 0.29) is 13.2 Å². The molecule has 1 N–H and O–H groups in total. The molecule has 0 fully saturated rings. The summed E-state index contributed by atoms with van der Waals surface area (Å²) in [6.45, 7) is 0.115. The normalized spacial score (nSPS) is 15.8. The lowest BCUT2D eigenvalue weighted by Gasteiger charge is -2.28. The van der Waals surface area contributed by atoms with Crippen molar-refractivity contribution in [1.29, 1.82) is 0 Å². The summed E-state index contributed by atoms with van der Waals surface area (Å²) in [5, 5.41) is 0. The van der Waals surface area contributed by atoms with Crippen LogP contribution < -0.4 is 4.74 Å². The molecule has 1 atom stereocenters. The average Bonchev–Trinajstić information content (AvgIpc) is 3.21. The standard InChI is InChI=1S/C20H16FNO4/c21-16-9-14(11-24-19(23)17-7-4-8-22-17)18-15(10-16)12-25-20(26-18)13-5-2-1-3-6-13/h1-10,20,22H,11-12H2/t20-/m0/s1. The van der Waals surface area contributed by atoms with E-state index in [1.807, 2.05) is 30.3 Å². The number of H-pyrrole nitrogens is 1. The number of esters is 1. The fourth-order valence-corrected chi connectivity index (χ4v) is 2.84. The molecule has 2 heterocycles. The summed E-state index contributed by atoms with van der Waals surface area (Å²) >= 11 is 0. The Labute approximate surface area is 149 Å². The number of ether oxygens (including phenoxy) is 3. The van der Waals surface area contributed by atoms with Gasteiger partial charge in [0.1, 0.15) is 23.9 Å². The van der Waals surface area contributed by atoms with Gasteiger partial charge in [0.05, 0.1) is 6.61 Å². The summed E-state index contributed by atoms with van der Waals surface area (Å²) < 4.78 is 30.8. The molecule has 4 rings (SSSR count). The molecule has 132 valence electrons. The Morgan fingerprint density at radius 1 is 1.19 bits per heavy atom. The first-order valence-corrected chi connectivity index (χ1v) is 8.16. The highest BCUT2D eigenvalue weighted by atomic mass is 19.1. The predicted molar refractivity (Wildman–Crippen MR) is 90.9 cm³/mol. The van der Waals surface area contributed by atoms with E-state index in [4.69, 9.17) is 14.2 Å². The van der Waals surface area contributed by atoms with Gasteiger partial charge in [-0.05, 0) is 24.3 Å². The van der Waals surface area contributed by atoms with Crippen molar-refractivity contribution in [1.82, 2.24) is 4.98 Å². The van der Waals surface area contributed by atoms with Crippen molar-refractivity contribution in [2.75, 3.05) is 0 Å². The summed E-state index contributed by atoms with van der Waals surface area (Å²) in [5.74, 6) is -0.453. The first kappa shape index (κ1) is 16.4. The van der Waals surface area contributed by atoms with Crippen LogP contribution in [0.3, 0.4) is 0 Å². The van der Waals surface area contributed by atoms with Crippen LogP contribution in [0.5, 0.6) is 5.75 Å². The van der Waals surface area contributed by atoms with Crippen LogP contribution in [0.1, 0.15) is 33.5 Å². The third-order valence-corrected chi connectivity index (χ3v) is 4.07. The van der Waals surface area contributed by atoms with E-state index in [1.165, 1.54) is 12.1 Å². The van der Waals surface area contributed by atoms with Gasteiger partial charge >= 0.3 is 5.97 Å². The second-order valence-corrected chi connectivity index (χ2v) is 5.88. The molecule has 2 aromatic carbocycles. The topological polar surface area (TPSA) is 60.6 Å². The zero-order valence-corrected chi connectivity index (χ0v) is 13.8. The minimum Gasteiger partial charge on any atom is -0.460 e. The highest BCUT2D eigenvalue weighted by Crippen LogP contribution is 2.36. The Kier molecular flexibility index (Phi) is 4.41. The van der Waals surface area contributed by atoms with Gasteiger partial charge in [-0.15, -0.1) is 0 Å². The van der Waals surface area contributed by atoms with Crippen molar-refractivity contribution in [3.8, 4) is 5.75 Å². The van der Waals surface area contributed by atoms with Gasteiger partial charge in [-0.2, -0.15) is 0 Å². The van der Waals surface area contributed by atoms with Crippen LogP contribution >= 0.6 is 0 Å². The van der Waals surface area contributed by atoms with Crippen LogP contribution in [0.25, 0.3) is 0 Å². The molecule has 0 spiro atoms. The molecule has 5 nitrogen and oxygen atoms in total. The third kappa shape index (κ3) is 3.32. The lowest BCUT2D eigenvalue weighted by atomic mass is 10.1. The molecule has 6 heteroatoms. The summed E-state index contributed by atoms with van der Waals surface area (Å²) in [4.78, 5) is 14.8. The molecular weight excluding hydrogens is 337 g/mol. The Hall–Kier alpha value is -3.12. The van der Waals surface area contributed by atoms with E-state index in [0.717, 1.165) is 5.56 Å². The largest absolute Gasteiger partial charge is 0.460 e. The first-order valence-electron chi connectivity index (χ1n) is 8.16. The van der Waals surface area contributed by atoms with E-state index in [9.17, 15) is 9.18 Å². The number of benzene rings is 2. The number of hydrogen-bond donors (Lipinski definition) is 1. The van der Waals surface area contributed by atoms with E-state index in [0.29, 0.717) is 22.6 Å². The molecule has 1 aromatic heterocycles. The zero-order valence-electron chi connectivity index (χ0n) is 13.8. The fraction of sp³-hybridized carbons (Fsp3) is 0.150. The van der Waals surface area contributed by atoms with Crippen molar-refractivity contribution >= 4 is 5.97 Å². The third-order valence-electron chi connectivity index (χ3n) is 4.07. The highest BCUT2D eigenvalue weighted by Gasteiger charge is 2.25. The number of rotatable bonds is 4. The SMILES string of the molecule is O=C(OCc1cc(F)cc2c1O[C@@H](c1ccccc1)OC2)c1ccc[nH]1. The molecule has 1 aliphatic rings. The molecule has 26 heavy (non-hydrogen) atoms. The van der Waals surface area contributed by atoms with E-state index in [1.54, 1.807) is 18.3 Å². The maximum atomic E-state index is 13.9. The summed E-state index contributed by atoms with van der Waals surface area (Å²) in [7, 11) is 0. The molecule has 0 radical (unpaired) electrons. The summed E-state index contributed by atoms with van der Waals surface area (Å²) in [6, 6.07) is 15.5. The van der Waals surface area contributed by atoms with Gasteiger partial charge in [0, 0.05) is 22.9 Å². The van der Waals surface area contributed by atoms with Gasteiger partial charge < -0.3 is 19.2 Å². The Morgan fingerprint density at radius 2 is 2.04 bits per heavy atom. The number of carbonyl (C=O) groups is 1. The maximum absolute atomic E-state index is 13.9. The van der Waals surface area contributed by atoms with Crippen LogP contribution in [0, 0.1) is 5.82 Å². The monoisotopic (exact) mass is 353 g/mol. The number of carbonyl (C=O) groups excluding carboxylic acids is 1. The van der Waals surface area contributed by atoms with Gasteiger partial charge in [-0.1, -0.05) is 30.3 Å². The zero-order chi connectivity index (χ0) is 17.9. The van der Waals surface area contributed by atoms with E-state index >= 15 is 0 Å². The van der Waals surface area contributed by atoms with Crippen LogP contribution in [-0.4, -0.2) is 11.0 Å². The van der Waals surface area contributed by atoms with E-state index in [2.05, 4.69) is 4.98 Å². The van der Waals surface area contributed by atoms with Crippen LogP contribution in [-0.2, 0) is 22.7 Å². The number of aromatic nitrogens is 1. The van der Waals surface area contributed by atoms with E-state index < -0.39 is 18.1 Å². The summed E-state index contributed by atoms with van der Waals surface area (Å²) in [5.41, 5.74) is 2.24. The second kappa shape index (κ2) is 7.01. The van der Waals surface area contributed by atoms with Crippen molar-refractivity contribution in [3.63, 3.8) is 0 Å². The molecule has 3 aromatic rings. The molecule has 0 bridgehead atoms. The molecular formula is C20H16FNO4. The lowest BCUT2D eigenvalue weighted by Crippen LogP contribution is -2.20. The number of aromatic amines is 1. The van der Waals surface area contributed by atoms with Crippen molar-refractivity contribution in [2.24, 2.45) is 0 Å². The molecule has 0 saturated heterocycles. The second-order valence-electron chi connectivity index (χ2n) is 5.88. The molecule has 1 aliphatic heterocycles. The minimum atomic E-state index is -0.591. The van der Waals surface area contributed by atoms with Gasteiger partial charge in [-0.3, -0.25) is 0 Å². The molecule has 0 amide bonds. The first-order chi connectivity index (χ1) is 12.7. The lowest BCUT2D eigenvalue weighted by molar-refractivity contribution is -0.112. The molecule has 0 unspecified atom stereocenters. The number of fused-ring (bicyclic) bond motifs is 1. The van der Waals surface area contributed by atoms with Crippen molar-refractivity contribution in [3.05, 3.63) is 89.0 Å². The van der Waals surface area contributed by atoms with Crippen molar-refractivity contribution in [2.45, 2.75) is 19.5 Å². The Balaban J connectivity index is 1.56. The van der Waals surface area contributed by atoms with Crippen molar-refractivity contribution < 1.29 is 23.4 Å². The quantitative estimate of drug-likeness (QED) is 0.717.